The number of rotatable bonds is 4. The molecular weight excluding hydrogens is 282 g/mol. The smallest absolute Gasteiger partial charge is 0.223 e. The minimum atomic E-state index is 0.100. The molecule has 0 aliphatic carbocycles. The van der Waals surface area contributed by atoms with Gasteiger partial charge in [-0.1, -0.05) is 41.1 Å². The van der Waals surface area contributed by atoms with E-state index in [1.165, 1.54) is 28.5 Å². The Kier molecular flexibility index (Phi) is 5.09. The molecule has 1 fully saturated rings. The van der Waals surface area contributed by atoms with E-state index in [2.05, 4.69) is 39.0 Å². The number of likely N-dealkylation sites (tertiary alicyclic amines) is 1. The maximum Gasteiger partial charge on any atom is 0.223 e. The molecule has 0 bridgehead atoms. The Morgan fingerprint density at radius 3 is 2.52 bits per heavy atom. The highest BCUT2D eigenvalue weighted by Gasteiger charge is 2.33. The van der Waals surface area contributed by atoms with Gasteiger partial charge in [-0.05, 0) is 32.3 Å². The van der Waals surface area contributed by atoms with Crippen molar-refractivity contribution in [3.63, 3.8) is 0 Å². The number of aryl methyl sites for hydroxylation is 2. The zero-order valence-corrected chi connectivity index (χ0v) is 14.0. The predicted octanol–water partition coefficient (Wildman–Crippen LogP) is 3.49. The van der Waals surface area contributed by atoms with Crippen LogP contribution in [0.25, 0.3) is 0 Å². The largest absolute Gasteiger partial charge is 0.336 e. The Hall–Kier alpha value is -1.29. The number of carbonyl (C=O) groups is 2. The summed E-state index contributed by atoms with van der Waals surface area (Å²) in [7, 11) is 0. The highest BCUT2D eigenvalue weighted by atomic mass is 32.2. The Labute approximate surface area is 131 Å². The summed E-state index contributed by atoms with van der Waals surface area (Å²) in [6.45, 7) is 8.60. The zero-order chi connectivity index (χ0) is 15.6. The molecule has 1 aliphatic heterocycles. The van der Waals surface area contributed by atoms with E-state index in [1.807, 2.05) is 4.90 Å². The van der Waals surface area contributed by atoms with Crippen LogP contribution in [0.3, 0.4) is 0 Å². The van der Waals surface area contributed by atoms with Crippen LogP contribution in [-0.4, -0.2) is 28.2 Å². The summed E-state index contributed by atoms with van der Waals surface area (Å²) in [5.41, 5.74) is 3.65. The zero-order valence-electron chi connectivity index (χ0n) is 13.2. The van der Waals surface area contributed by atoms with Gasteiger partial charge in [-0.2, -0.15) is 0 Å². The van der Waals surface area contributed by atoms with Crippen LogP contribution in [0.1, 0.15) is 43.0 Å². The average Bonchev–Trinajstić information content (AvgIpc) is 2.75. The predicted molar refractivity (Wildman–Crippen MR) is 87.3 cm³/mol. The molecule has 2 atom stereocenters. The molecule has 21 heavy (non-hydrogen) atoms. The van der Waals surface area contributed by atoms with Gasteiger partial charge in [-0.25, -0.2) is 0 Å². The fourth-order valence-corrected chi connectivity index (χ4v) is 3.65. The van der Waals surface area contributed by atoms with Gasteiger partial charge in [0.05, 0.1) is 6.04 Å². The lowest BCUT2D eigenvalue weighted by atomic mass is 10.0. The van der Waals surface area contributed by atoms with E-state index in [9.17, 15) is 9.59 Å². The first-order valence-electron chi connectivity index (χ1n) is 7.38. The van der Waals surface area contributed by atoms with Crippen LogP contribution in [0.5, 0.6) is 0 Å². The van der Waals surface area contributed by atoms with Crippen LogP contribution >= 0.6 is 11.8 Å². The third-order valence-corrected chi connectivity index (χ3v) is 5.00. The lowest BCUT2D eigenvalue weighted by Crippen LogP contribution is -2.28. The molecule has 3 nitrogen and oxygen atoms in total. The van der Waals surface area contributed by atoms with Gasteiger partial charge in [0, 0.05) is 25.6 Å². The summed E-state index contributed by atoms with van der Waals surface area (Å²) in [5, 5.41) is 0.128. The Morgan fingerprint density at radius 1 is 1.33 bits per heavy atom. The van der Waals surface area contributed by atoms with Gasteiger partial charge in [0.2, 0.25) is 5.91 Å². The quantitative estimate of drug-likeness (QED) is 0.854. The van der Waals surface area contributed by atoms with E-state index >= 15 is 0 Å². The monoisotopic (exact) mass is 305 g/mol. The molecule has 0 N–H and O–H groups in total. The Morgan fingerprint density at radius 2 is 1.95 bits per heavy atom. The number of carbonyl (C=O) groups excluding carboxylic acids is 2. The van der Waals surface area contributed by atoms with Crippen LogP contribution in [0.15, 0.2) is 18.2 Å². The topological polar surface area (TPSA) is 37.4 Å². The van der Waals surface area contributed by atoms with Crippen molar-refractivity contribution in [2.75, 3.05) is 12.3 Å². The molecule has 0 saturated carbocycles. The number of hydrogen-bond donors (Lipinski definition) is 0. The SMILES string of the molecule is CC(=O)SCC1CC(=O)N(C(C)c2cc(C)cc(C)c2)C1. The first-order valence-corrected chi connectivity index (χ1v) is 8.36. The molecule has 2 rings (SSSR count). The molecule has 1 aromatic rings. The Balaban J connectivity index is 2.07. The molecule has 4 heteroatoms. The van der Waals surface area contributed by atoms with Crippen molar-refractivity contribution in [3.05, 3.63) is 34.9 Å². The lowest BCUT2D eigenvalue weighted by molar-refractivity contribution is -0.129. The number of amides is 1. The van der Waals surface area contributed by atoms with Crippen molar-refractivity contribution >= 4 is 22.8 Å². The van der Waals surface area contributed by atoms with Crippen LogP contribution in [0, 0.1) is 19.8 Å². The second kappa shape index (κ2) is 6.65. The first kappa shape index (κ1) is 16.1. The molecule has 1 saturated heterocycles. The molecule has 0 aromatic heterocycles. The van der Waals surface area contributed by atoms with E-state index in [0.29, 0.717) is 12.3 Å². The van der Waals surface area contributed by atoms with Gasteiger partial charge in [0.25, 0.3) is 0 Å². The summed E-state index contributed by atoms with van der Waals surface area (Å²) in [4.78, 5) is 25.3. The number of thioether (sulfide) groups is 1. The summed E-state index contributed by atoms with van der Waals surface area (Å²) in [6, 6.07) is 6.56. The number of benzene rings is 1. The second-order valence-electron chi connectivity index (χ2n) is 6.02. The molecule has 1 aromatic carbocycles. The number of hydrogen-bond acceptors (Lipinski definition) is 3. The number of nitrogens with zero attached hydrogens (tertiary/aromatic N) is 1. The van der Waals surface area contributed by atoms with Crippen molar-refractivity contribution < 1.29 is 9.59 Å². The third-order valence-electron chi connectivity index (χ3n) is 3.95. The van der Waals surface area contributed by atoms with Crippen molar-refractivity contribution in [2.24, 2.45) is 5.92 Å². The summed E-state index contributed by atoms with van der Waals surface area (Å²) in [5.74, 6) is 1.24. The molecule has 0 radical (unpaired) electrons. The maximum atomic E-state index is 12.2. The van der Waals surface area contributed by atoms with E-state index in [0.717, 1.165) is 12.3 Å². The molecule has 114 valence electrons. The molecular formula is C17H23NO2S. The van der Waals surface area contributed by atoms with Crippen molar-refractivity contribution in [2.45, 2.75) is 40.2 Å². The van der Waals surface area contributed by atoms with Crippen molar-refractivity contribution in [1.82, 2.24) is 4.90 Å². The van der Waals surface area contributed by atoms with Crippen LogP contribution in [0.2, 0.25) is 0 Å². The highest BCUT2D eigenvalue weighted by Crippen LogP contribution is 2.31. The minimum Gasteiger partial charge on any atom is -0.336 e. The molecule has 0 spiro atoms. The third kappa shape index (κ3) is 4.10. The van der Waals surface area contributed by atoms with Crippen LogP contribution in [0.4, 0.5) is 0 Å². The van der Waals surface area contributed by atoms with Crippen LogP contribution in [-0.2, 0) is 9.59 Å². The van der Waals surface area contributed by atoms with Gasteiger partial charge in [0.15, 0.2) is 5.12 Å². The van der Waals surface area contributed by atoms with Crippen molar-refractivity contribution in [3.8, 4) is 0 Å². The molecule has 1 aliphatic rings. The minimum absolute atomic E-state index is 0.100. The van der Waals surface area contributed by atoms with Gasteiger partial charge >= 0.3 is 0 Å². The Bertz CT molecular complexity index is 535. The van der Waals surface area contributed by atoms with E-state index in [1.54, 1.807) is 6.92 Å². The standard InChI is InChI=1S/C17H23NO2S/c1-11-5-12(2)7-16(6-11)13(3)18-9-15(8-17(18)20)10-21-14(4)19/h5-7,13,15H,8-10H2,1-4H3. The fraction of sp³-hybridized carbons (Fsp3) is 0.529. The average molecular weight is 305 g/mol. The molecule has 2 unspecified atom stereocenters. The second-order valence-corrected chi connectivity index (χ2v) is 7.21. The van der Waals surface area contributed by atoms with Crippen molar-refractivity contribution in [1.29, 1.82) is 0 Å². The first-order chi connectivity index (χ1) is 9.86. The highest BCUT2D eigenvalue weighted by molar-refractivity contribution is 8.13. The van der Waals surface area contributed by atoms with Crippen LogP contribution < -0.4 is 0 Å². The lowest BCUT2D eigenvalue weighted by Gasteiger charge is -2.26. The summed E-state index contributed by atoms with van der Waals surface area (Å²) < 4.78 is 0. The van der Waals surface area contributed by atoms with E-state index in [4.69, 9.17) is 0 Å². The van der Waals surface area contributed by atoms with E-state index < -0.39 is 0 Å². The fourth-order valence-electron chi connectivity index (χ4n) is 2.96. The van der Waals surface area contributed by atoms with Gasteiger partial charge < -0.3 is 4.90 Å². The van der Waals surface area contributed by atoms with Gasteiger partial charge in [-0.3, -0.25) is 9.59 Å². The van der Waals surface area contributed by atoms with E-state index in [-0.39, 0.29) is 17.1 Å². The molecule has 1 amide bonds. The molecule has 1 heterocycles. The van der Waals surface area contributed by atoms with Gasteiger partial charge in [0.1, 0.15) is 0 Å². The summed E-state index contributed by atoms with van der Waals surface area (Å²) >= 11 is 1.33. The normalized spacial score (nSPS) is 19.9. The summed E-state index contributed by atoms with van der Waals surface area (Å²) in [6.07, 6.45) is 0.565. The van der Waals surface area contributed by atoms with Gasteiger partial charge in [-0.15, -0.1) is 0 Å². The maximum absolute atomic E-state index is 12.2.